The van der Waals surface area contributed by atoms with Crippen molar-refractivity contribution in [2.45, 2.75) is 58.2 Å². The molecule has 38 heavy (non-hydrogen) atoms. The van der Waals surface area contributed by atoms with Gasteiger partial charge in [-0.1, -0.05) is 110 Å². The van der Waals surface area contributed by atoms with Gasteiger partial charge in [-0.15, -0.1) is 0 Å². The van der Waals surface area contributed by atoms with Crippen molar-refractivity contribution in [3.63, 3.8) is 0 Å². The number of halogens is 1. The molecule has 0 aliphatic carbocycles. The fraction of sp³-hybridized carbons (Fsp3) is 0.273. The normalized spacial score (nSPS) is 12.6. The van der Waals surface area contributed by atoms with Gasteiger partial charge in [-0.05, 0) is 53.3 Å². The van der Waals surface area contributed by atoms with E-state index in [0.29, 0.717) is 24.3 Å². The Morgan fingerprint density at radius 2 is 1.50 bits per heavy atom. The Morgan fingerprint density at radius 3 is 2.26 bits per heavy atom. The molecule has 4 aromatic rings. The molecule has 2 amide bonds. The molecule has 4 rings (SSSR count). The molecular weight excluding hydrogens is 492 g/mol. The van der Waals surface area contributed by atoms with E-state index in [0.717, 1.165) is 33.9 Å². The first-order valence-corrected chi connectivity index (χ1v) is 13.7. The summed E-state index contributed by atoms with van der Waals surface area (Å²) >= 11 is 6.52. The molecule has 196 valence electrons. The van der Waals surface area contributed by atoms with Crippen LogP contribution >= 0.6 is 11.6 Å². The zero-order chi connectivity index (χ0) is 26.9. The molecule has 0 bridgehead atoms. The van der Waals surface area contributed by atoms with Crippen LogP contribution in [-0.4, -0.2) is 28.8 Å². The van der Waals surface area contributed by atoms with Gasteiger partial charge in [-0.3, -0.25) is 9.59 Å². The fourth-order valence-electron chi connectivity index (χ4n) is 4.70. The Hall–Kier alpha value is -3.63. The first-order valence-electron chi connectivity index (χ1n) is 13.3. The fourth-order valence-corrected chi connectivity index (χ4v) is 4.90. The highest BCUT2D eigenvalue weighted by Gasteiger charge is 2.31. The number of carbonyl (C=O) groups is 2. The van der Waals surface area contributed by atoms with Gasteiger partial charge in [0.25, 0.3) is 0 Å². The predicted octanol–water partition coefficient (Wildman–Crippen LogP) is 6.98. The Balaban J connectivity index is 1.66. The van der Waals surface area contributed by atoms with Crippen LogP contribution < -0.4 is 5.32 Å². The van der Waals surface area contributed by atoms with Gasteiger partial charge >= 0.3 is 0 Å². The van der Waals surface area contributed by atoms with Crippen LogP contribution in [0, 0.1) is 0 Å². The zero-order valence-corrected chi connectivity index (χ0v) is 22.8. The molecule has 0 spiro atoms. The number of benzene rings is 4. The molecule has 4 nitrogen and oxygen atoms in total. The third kappa shape index (κ3) is 7.02. The molecular formula is C33H35ClN2O2. The quantitative estimate of drug-likeness (QED) is 0.229. The molecule has 0 fully saturated rings. The van der Waals surface area contributed by atoms with Crippen LogP contribution in [-0.2, 0) is 29.0 Å². The Morgan fingerprint density at radius 1 is 0.842 bits per heavy atom. The lowest BCUT2D eigenvalue weighted by atomic mass is 9.99. The molecule has 0 saturated heterocycles. The number of nitrogens with zero attached hydrogens (tertiary/aromatic N) is 1. The van der Waals surface area contributed by atoms with E-state index in [9.17, 15) is 9.59 Å². The van der Waals surface area contributed by atoms with Crippen LogP contribution in [0.4, 0.5) is 0 Å². The van der Waals surface area contributed by atoms with Crippen molar-refractivity contribution in [1.29, 1.82) is 0 Å². The topological polar surface area (TPSA) is 49.4 Å². The van der Waals surface area contributed by atoms with Crippen molar-refractivity contribution in [1.82, 2.24) is 10.2 Å². The summed E-state index contributed by atoms with van der Waals surface area (Å²) in [7, 11) is 0. The van der Waals surface area contributed by atoms with Gasteiger partial charge in [0.05, 0.1) is 0 Å². The van der Waals surface area contributed by atoms with Gasteiger partial charge in [0, 0.05) is 30.5 Å². The molecule has 1 N–H and O–H groups in total. The van der Waals surface area contributed by atoms with E-state index < -0.39 is 6.04 Å². The minimum atomic E-state index is -0.664. The monoisotopic (exact) mass is 526 g/mol. The SMILES string of the molecule is CC[C@H](C)NC(=O)[C@@H](Cc1ccccc1)N(Cc1ccccc1Cl)C(=O)CCc1cccc2ccccc12. The van der Waals surface area contributed by atoms with Crippen molar-refractivity contribution in [2.24, 2.45) is 0 Å². The second-order valence-electron chi connectivity index (χ2n) is 9.77. The number of hydrogen-bond acceptors (Lipinski definition) is 2. The highest BCUT2D eigenvalue weighted by Crippen LogP contribution is 2.23. The molecule has 0 aromatic heterocycles. The molecule has 2 atom stereocenters. The molecule has 0 heterocycles. The van der Waals surface area contributed by atoms with Crippen LogP contribution in [0.5, 0.6) is 0 Å². The molecule has 0 unspecified atom stereocenters. The molecule has 0 aliphatic heterocycles. The van der Waals surface area contributed by atoms with E-state index in [1.165, 1.54) is 0 Å². The largest absolute Gasteiger partial charge is 0.352 e. The lowest BCUT2D eigenvalue weighted by Gasteiger charge is -2.32. The average molecular weight is 527 g/mol. The maximum Gasteiger partial charge on any atom is 0.243 e. The Kier molecular flexibility index (Phi) is 9.56. The summed E-state index contributed by atoms with van der Waals surface area (Å²) in [6.07, 6.45) is 2.11. The first-order chi connectivity index (χ1) is 18.5. The van der Waals surface area contributed by atoms with Gasteiger partial charge in [0.2, 0.25) is 11.8 Å². The minimum Gasteiger partial charge on any atom is -0.352 e. The van der Waals surface area contributed by atoms with Crippen LogP contribution in [0.15, 0.2) is 97.1 Å². The molecule has 0 radical (unpaired) electrons. The van der Waals surface area contributed by atoms with E-state index in [1.807, 2.05) is 86.6 Å². The number of hydrogen-bond donors (Lipinski definition) is 1. The Labute approximate surface area is 230 Å². The summed E-state index contributed by atoms with van der Waals surface area (Å²) in [4.78, 5) is 29.3. The van der Waals surface area contributed by atoms with E-state index in [1.54, 1.807) is 4.90 Å². The first kappa shape index (κ1) is 27.4. The van der Waals surface area contributed by atoms with Gasteiger partial charge in [0.1, 0.15) is 6.04 Å². The summed E-state index contributed by atoms with van der Waals surface area (Å²) < 4.78 is 0. The summed E-state index contributed by atoms with van der Waals surface area (Å²) in [6, 6.07) is 31.1. The lowest BCUT2D eigenvalue weighted by Crippen LogP contribution is -2.52. The summed E-state index contributed by atoms with van der Waals surface area (Å²) in [5.41, 5.74) is 2.95. The van der Waals surface area contributed by atoms with Crippen molar-refractivity contribution < 1.29 is 9.59 Å². The summed E-state index contributed by atoms with van der Waals surface area (Å²) in [6.45, 7) is 4.28. The molecule has 0 aliphatic rings. The predicted molar refractivity (Wildman–Crippen MR) is 156 cm³/mol. The molecule has 5 heteroatoms. The van der Waals surface area contributed by atoms with E-state index in [-0.39, 0.29) is 24.4 Å². The van der Waals surface area contributed by atoms with E-state index in [2.05, 4.69) is 29.6 Å². The van der Waals surface area contributed by atoms with E-state index >= 15 is 0 Å². The number of rotatable bonds is 11. The summed E-state index contributed by atoms with van der Waals surface area (Å²) in [5.74, 6) is -0.216. The second-order valence-corrected chi connectivity index (χ2v) is 10.2. The lowest BCUT2D eigenvalue weighted by molar-refractivity contribution is -0.141. The average Bonchev–Trinajstić information content (AvgIpc) is 2.94. The zero-order valence-electron chi connectivity index (χ0n) is 22.1. The highest BCUT2D eigenvalue weighted by molar-refractivity contribution is 6.31. The minimum absolute atomic E-state index is 0.00808. The maximum absolute atomic E-state index is 14.0. The van der Waals surface area contributed by atoms with Crippen molar-refractivity contribution >= 4 is 34.2 Å². The van der Waals surface area contributed by atoms with Crippen molar-refractivity contribution in [3.05, 3.63) is 119 Å². The standard InChI is InChI=1S/C33H35ClN2O2/c1-3-24(2)35-33(38)31(22-25-12-5-4-6-13-25)36(23-28-15-8-10-19-30(28)34)32(37)21-20-27-17-11-16-26-14-7-9-18-29(26)27/h4-19,24,31H,3,20-23H2,1-2H3,(H,35,38)/t24-,31+/m0/s1. The van der Waals surface area contributed by atoms with Crippen LogP contribution in [0.3, 0.4) is 0 Å². The third-order valence-electron chi connectivity index (χ3n) is 7.06. The van der Waals surface area contributed by atoms with Crippen LogP contribution in [0.25, 0.3) is 10.8 Å². The highest BCUT2D eigenvalue weighted by atomic mass is 35.5. The number of aryl methyl sites for hydroxylation is 1. The van der Waals surface area contributed by atoms with Gasteiger partial charge in [-0.2, -0.15) is 0 Å². The third-order valence-corrected chi connectivity index (χ3v) is 7.43. The van der Waals surface area contributed by atoms with Crippen molar-refractivity contribution in [3.8, 4) is 0 Å². The molecule has 4 aromatic carbocycles. The Bertz CT molecular complexity index is 1370. The van der Waals surface area contributed by atoms with E-state index in [4.69, 9.17) is 11.6 Å². The summed E-state index contributed by atoms with van der Waals surface area (Å²) in [5, 5.41) is 6.00. The number of carbonyl (C=O) groups excluding carboxylic acids is 2. The molecule has 0 saturated carbocycles. The van der Waals surface area contributed by atoms with Crippen LogP contribution in [0.2, 0.25) is 5.02 Å². The van der Waals surface area contributed by atoms with Crippen molar-refractivity contribution in [2.75, 3.05) is 0 Å². The maximum atomic E-state index is 14.0. The smallest absolute Gasteiger partial charge is 0.243 e. The number of fused-ring (bicyclic) bond motifs is 1. The van der Waals surface area contributed by atoms with Crippen LogP contribution in [0.1, 0.15) is 43.4 Å². The number of amides is 2. The second kappa shape index (κ2) is 13.3. The van der Waals surface area contributed by atoms with Gasteiger partial charge < -0.3 is 10.2 Å². The van der Waals surface area contributed by atoms with Gasteiger partial charge in [-0.25, -0.2) is 0 Å². The number of nitrogens with one attached hydrogen (secondary N) is 1. The van der Waals surface area contributed by atoms with Gasteiger partial charge in [0.15, 0.2) is 0 Å².